The van der Waals surface area contributed by atoms with Crippen molar-refractivity contribution in [1.82, 2.24) is 4.90 Å². The summed E-state index contributed by atoms with van der Waals surface area (Å²) in [6, 6.07) is 0. The largest absolute Gasteiger partial charge is 0.465 e. The molecular formula is C14H27NO3. The minimum absolute atomic E-state index is 0.295. The molecule has 106 valence electrons. The standard InChI is InChI=1S/C14H27NO3/c1-5-9-15-10-7-14(17,8-11-15)13(3,4)12(16)18-6-2/h17H,5-11H2,1-4H3. The molecular weight excluding hydrogens is 230 g/mol. The smallest absolute Gasteiger partial charge is 0.314 e. The highest BCUT2D eigenvalue weighted by atomic mass is 16.5. The molecule has 0 radical (unpaired) electrons. The number of hydrogen-bond acceptors (Lipinski definition) is 4. The zero-order chi connectivity index (χ0) is 13.8. The quantitative estimate of drug-likeness (QED) is 0.763. The third kappa shape index (κ3) is 3.04. The highest BCUT2D eigenvalue weighted by molar-refractivity contribution is 5.77. The second-order valence-corrected chi connectivity index (χ2v) is 5.72. The third-order valence-electron chi connectivity index (χ3n) is 4.17. The van der Waals surface area contributed by atoms with Gasteiger partial charge in [0.2, 0.25) is 0 Å². The summed E-state index contributed by atoms with van der Waals surface area (Å²) in [6.45, 7) is 10.7. The average molecular weight is 257 g/mol. The number of likely N-dealkylation sites (tertiary alicyclic amines) is 1. The first-order valence-electron chi connectivity index (χ1n) is 6.99. The van der Waals surface area contributed by atoms with E-state index in [2.05, 4.69) is 11.8 Å². The van der Waals surface area contributed by atoms with E-state index in [9.17, 15) is 9.90 Å². The lowest BCUT2D eigenvalue weighted by Crippen LogP contribution is -2.56. The van der Waals surface area contributed by atoms with Crippen LogP contribution in [0.5, 0.6) is 0 Å². The topological polar surface area (TPSA) is 49.8 Å². The first-order valence-corrected chi connectivity index (χ1v) is 6.99. The van der Waals surface area contributed by atoms with Crippen molar-refractivity contribution in [2.45, 2.75) is 52.6 Å². The Morgan fingerprint density at radius 2 is 1.89 bits per heavy atom. The second kappa shape index (κ2) is 6.02. The number of carbonyl (C=O) groups is 1. The number of esters is 1. The minimum atomic E-state index is -0.941. The Bertz CT molecular complexity index is 281. The molecule has 1 aliphatic rings. The summed E-state index contributed by atoms with van der Waals surface area (Å²) in [4.78, 5) is 14.3. The molecule has 1 rings (SSSR count). The lowest BCUT2D eigenvalue weighted by atomic mass is 9.69. The van der Waals surface area contributed by atoms with Crippen LogP contribution >= 0.6 is 0 Å². The van der Waals surface area contributed by atoms with Crippen LogP contribution in [0.2, 0.25) is 0 Å². The molecule has 0 aliphatic carbocycles. The maximum absolute atomic E-state index is 12.0. The van der Waals surface area contributed by atoms with E-state index in [-0.39, 0.29) is 5.97 Å². The Balaban J connectivity index is 2.67. The van der Waals surface area contributed by atoms with E-state index in [1.165, 1.54) is 0 Å². The number of rotatable bonds is 5. The lowest BCUT2D eigenvalue weighted by molar-refractivity contribution is -0.177. The van der Waals surface area contributed by atoms with Crippen LogP contribution in [-0.4, -0.2) is 47.8 Å². The van der Waals surface area contributed by atoms with Gasteiger partial charge < -0.3 is 14.7 Å². The van der Waals surface area contributed by atoms with Crippen LogP contribution in [0.25, 0.3) is 0 Å². The Hall–Kier alpha value is -0.610. The Morgan fingerprint density at radius 1 is 1.33 bits per heavy atom. The molecule has 0 unspecified atom stereocenters. The van der Waals surface area contributed by atoms with Crippen LogP contribution in [0.1, 0.15) is 47.0 Å². The summed E-state index contributed by atoms with van der Waals surface area (Å²) >= 11 is 0. The van der Waals surface area contributed by atoms with Gasteiger partial charge in [0.25, 0.3) is 0 Å². The summed E-state index contributed by atoms with van der Waals surface area (Å²) in [7, 11) is 0. The molecule has 1 N–H and O–H groups in total. The van der Waals surface area contributed by atoms with Crippen LogP contribution in [0.15, 0.2) is 0 Å². The van der Waals surface area contributed by atoms with Gasteiger partial charge in [-0.1, -0.05) is 6.92 Å². The van der Waals surface area contributed by atoms with Gasteiger partial charge in [0.1, 0.15) is 0 Å². The van der Waals surface area contributed by atoms with Crippen LogP contribution in [-0.2, 0) is 9.53 Å². The molecule has 18 heavy (non-hydrogen) atoms. The first-order chi connectivity index (χ1) is 8.37. The van der Waals surface area contributed by atoms with E-state index in [1.807, 2.05) is 0 Å². The van der Waals surface area contributed by atoms with Gasteiger partial charge in [-0.15, -0.1) is 0 Å². The number of hydrogen-bond donors (Lipinski definition) is 1. The third-order valence-corrected chi connectivity index (χ3v) is 4.17. The fraction of sp³-hybridized carbons (Fsp3) is 0.929. The highest BCUT2D eigenvalue weighted by Crippen LogP contribution is 2.40. The van der Waals surface area contributed by atoms with E-state index in [1.54, 1.807) is 20.8 Å². The van der Waals surface area contributed by atoms with Gasteiger partial charge in [-0.3, -0.25) is 4.79 Å². The molecule has 1 aliphatic heterocycles. The summed E-state index contributed by atoms with van der Waals surface area (Å²) in [5, 5.41) is 10.8. The Kier molecular flexibility index (Phi) is 5.17. The van der Waals surface area contributed by atoms with Crippen molar-refractivity contribution in [3.05, 3.63) is 0 Å². The van der Waals surface area contributed by atoms with Gasteiger partial charge in [-0.05, 0) is 46.6 Å². The zero-order valence-corrected chi connectivity index (χ0v) is 12.2. The molecule has 4 nitrogen and oxygen atoms in total. The second-order valence-electron chi connectivity index (χ2n) is 5.72. The average Bonchev–Trinajstić information content (AvgIpc) is 2.32. The van der Waals surface area contributed by atoms with Crippen molar-refractivity contribution in [1.29, 1.82) is 0 Å². The van der Waals surface area contributed by atoms with Gasteiger partial charge in [-0.2, -0.15) is 0 Å². The number of carbonyl (C=O) groups excluding carboxylic acids is 1. The van der Waals surface area contributed by atoms with Gasteiger partial charge in [-0.25, -0.2) is 0 Å². The Labute approximate surface area is 110 Å². The van der Waals surface area contributed by atoms with E-state index >= 15 is 0 Å². The van der Waals surface area contributed by atoms with Crippen molar-refractivity contribution in [3.63, 3.8) is 0 Å². The molecule has 0 saturated carbocycles. The van der Waals surface area contributed by atoms with Gasteiger partial charge in [0, 0.05) is 13.1 Å². The fourth-order valence-corrected chi connectivity index (χ4v) is 2.59. The summed E-state index contributed by atoms with van der Waals surface area (Å²) in [5.74, 6) is -0.295. The first kappa shape index (κ1) is 15.4. The lowest BCUT2D eigenvalue weighted by Gasteiger charge is -2.46. The predicted octanol–water partition coefficient (Wildman–Crippen LogP) is 1.81. The Morgan fingerprint density at radius 3 is 2.33 bits per heavy atom. The van der Waals surface area contributed by atoms with Gasteiger partial charge in [0.05, 0.1) is 17.6 Å². The van der Waals surface area contributed by atoms with Crippen molar-refractivity contribution >= 4 is 5.97 Å². The number of ether oxygens (including phenoxy) is 1. The molecule has 0 bridgehead atoms. The maximum atomic E-state index is 12.0. The monoisotopic (exact) mass is 257 g/mol. The minimum Gasteiger partial charge on any atom is -0.465 e. The van der Waals surface area contributed by atoms with Crippen molar-refractivity contribution in [3.8, 4) is 0 Å². The van der Waals surface area contributed by atoms with Crippen molar-refractivity contribution in [2.75, 3.05) is 26.2 Å². The van der Waals surface area contributed by atoms with Gasteiger partial charge in [0.15, 0.2) is 0 Å². The van der Waals surface area contributed by atoms with Crippen molar-refractivity contribution < 1.29 is 14.6 Å². The maximum Gasteiger partial charge on any atom is 0.314 e. The van der Waals surface area contributed by atoms with E-state index in [0.29, 0.717) is 19.4 Å². The zero-order valence-electron chi connectivity index (χ0n) is 12.2. The molecule has 0 aromatic carbocycles. The van der Waals surface area contributed by atoms with Crippen LogP contribution in [0, 0.1) is 5.41 Å². The van der Waals surface area contributed by atoms with E-state index in [0.717, 1.165) is 26.1 Å². The molecule has 0 amide bonds. The molecule has 0 spiro atoms. The highest BCUT2D eigenvalue weighted by Gasteiger charge is 2.50. The van der Waals surface area contributed by atoms with Gasteiger partial charge >= 0.3 is 5.97 Å². The molecule has 4 heteroatoms. The summed E-state index contributed by atoms with van der Waals surface area (Å²) < 4.78 is 5.09. The molecule has 0 aromatic rings. The molecule has 0 atom stereocenters. The molecule has 1 heterocycles. The molecule has 1 saturated heterocycles. The van der Waals surface area contributed by atoms with Crippen LogP contribution in [0.3, 0.4) is 0 Å². The molecule has 0 aromatic heterocycles. The van der Waals surface area contributed by atoms with Crippen LogP contribution < -0.4 is 0 Å². The van der Waals surface area contributed by atoms with Crippen LogP contribution in [0.4, 0.5) is 0 Å². The number of aliphatic hydroxyl groups is 1. The SMILES string of the molecule is CCCN1CCC(O)(C(C)(C)C(=O)OCC)CC1. The summed E-state index contributed by atoms with van der Waals surface area (Å²) in [5.41, 5.74) is -1.77. The van der Waals surface area contributed by atoms with E-state index < -0.39 is 11.0 Å². The van der Waals surface area contributed by atoms with E-state index in [4.69, 9.17) is 4.74 Å². The summed E-state index contributed by atoms with van der Waals surface area (Å²) in [6.07, 6.45) is 2.40. The van der Waals surface area contributed by atoms with Crippen molar-refractivity contribution in [2.24, 2.45) is 5.41 Å². The normalized spacial score (nSPS) is 20.7. The predicted molar refractivity (Wildman–Crippen MR) is 71.3 cm³/mol. The fourth-order valence-electron chi connectivity index (χ4n) is 2.59. The molecule has 1 fully saturated rings. The number of piperidine rings is 1. The number of nitrogens with zero attached hydrogens (tertiary/aromatic N) is 1.